The minimum Gasteiger partial charge on any atom is -0.480 e. The van der Waals surface area contributed by atoms with E-state index in [0.717, 1.165) is 6.42 Å². The molecule has 1 aromatic rings. The van der Waals surface area contributed by atoms with Gasteiger partial charge in [0.2, 0.25) is 0 Å². The Kier molecular flexibility index (Phi) is 3.21. The second-order valence-corrected chi connectivity index (χ2v) is 4.49. The summed E-state index contributed by atoms with van der Waals surface area (Å²) in [6, 6.07) is 1.04. The van der Waals surface area contributed by atoms with E-state index in [1.165, 1.54) is 6.20 Å². The number of carboxylic acids is 1. The molecule has 0 amide bonds. The first-order chi connectivity index (χ1) is 7.59. The first kappa shape index (κ1) is 11.5. The third-order valence-corrected chi connectivity index (χ3v) is 3.08. The van der Waals surface area contributed by atoms with E-state index in [1.54, 1.807) is 11.0 Å². The van der Waals surface area contributed by atoms with Gasteiger partial charge in [-0.15, -0.1) is 0 Å². The number of pyridine rings is 1. The molecule has 1 saturated heterocycles. The molecule has 0 aromatic carbocycles. The molecule has 1 atom stereocenters. The van der Waals surface area contributed by atoms with E-state index in [0.29, 0.717) is 28.8 Å². The third-order valence-electron chi connectivity index (χ3n) is 2.60. The van der Waals surface area contributed by atoms with Crippen LogP contribution in [0.1, 0.15) is 12.8 Å². The lowest BCUT2D eigenvalue weighted by atomic mass is 10.2. The number of nitrogens with zero attached hydrogens (tertiary/aromatic N) is 2. The summed E-state index contributed by atoms with van der Waals surface area (Å²) in [5, 5.41) is 9.89. The van der Waals surface area contributed by atoms with Crippen molar-refractivity contribution in [3.05, 3.63) is 22.3 Å². The fraction of sp³-hybridized carbons (Fsp3) is 0.400. The molecule has 86 valence electrons. The molecule has 6 heteroatoms. The van der Waals surface area contributed by atoms with E-state index >= 15 is 0 Å². The average molecular weight is 261 g/mol. The predicted molar refractivity (Wildman–Crippen MR) is 62.3 cm³/mol. The lowest BCUT2D eigenvalue weighted by molar-refractivity contribution is -0.138. The fourth-order valence-corrected chi connectivity index (χ4v) is 2.38. The molecule has 16 heavy (non-hydrogen) atoms. The Morgan fingerprint density at radius 2 is 2.31 bits per heavy atom. The molecule has 2 heterocycles. The van der Waals surface area contributed by atoms with Crippen molar-refractivity contribution >= 4 is 35.0 Å². The van der Waals surface area contributed by atoms with Crippen molar-refractivity contribution in [2.24, 2.45) is 0 Å². The van der Waals surface area contributed by atoms with Gasteiger partial charge in [0.15, 0.2) is 0 Å². The van der Waals surface area contributed by atoms with E-state index in [9.17, 15) is 4.79 Å². The molecule has 0 aliphatic carbocycles. The van der Waals surface area contributed by atoms with E-state index in [2.05, 4.69) is 4.98 Å². The molecule has 1 aromatic heterocycles. The van der Waals surface area contributed by atoms with Gasteiger partial charge in [-0.25, -0.2) is 9.78 Å². The summed E-state index contributed by atoms with van der Waals surface area (Å²) < 4.78 is 0. The van der Waals surface area contributed by atoms with Crippen molar-refractivity contribution < 1.29 is 9.90 Å². The van der Waals surface area contributed by atoms with Crippen LogP contribution < -0.4 is 4.90 Å². The van der Waals surface area contributed by atoms with Crippen LogP contribution in [0.25, 0.3) is 0 Å². The van der Waals surface area contributed by atoms with Crippen LogP contribution >= 0.6 is 23.2 Å². The first-order valence-corrected chi connectivity index (χ1v) is 5.65. The number of carboxylic acid groups (broad SMARTS) is 1. The zero-order chi connectivity index (χ0) is 11.7. The van der Waals surface area contributed by atoms with Crippen molar-refractivity contribution in [1.29, 1.82) is 0 Å². The zero-order valence-corrected chi connectivity index (χ0v) is 9.87. The highest BCUT2D eigenvalue weighted by molar-refractivity contribution is 6.36. The van der Waals surface area contributed by atoms with E-state index in [-0.39, 0.29) is 0 Å². The van der Waals surface area contributed by atoms with Gasteiger partial charge in [0.1, 0.15) is 11.9 Å². The summed E-state index contributed by atoms with van der Waals surface area (Å²) in [7, 11) is 0. The van der Waals surface area contributed by atoms with Crippen molar-refractivity contribution in [1.82, 2.24) is 4.98 Å². The standard InChI is InChI=1S/C10H10Cl2N2O2/c11-6-4-7(12)9(13-5-6)14-3-1-2-8(14)10(15)16/h4-5,8H,1-3H2,(H,15,16). The van der Waals surface area contributed by atoms with Gasteiger partial charge in [0.05, 0.1) is 10.0 Å². The lowest BCUT2D eigenvalue weighted by Crippen LogP contribution is -2.36. The largest absolute Gasteiger partial charge is 0.480 e. The zero-order valence-electron chi connectivity index (χ0n) is 8.36. The summed E-state index contributed by atoms with van der Waals surface area (Å²) in [5.74, 6) is -0.346. The molecule has 0 radical (unpaired) electrons. The average Bonchev–Trinajstić information content (AvgIpc) is 2.66. The molecule has 1 unspecified atom stereocenters. The Balaban J connectivity index is 2.32. The van der Waals surface area contributed by atoms with Crippen LogP contribution in [0.4, 0.5) is 5.82 Å². The summed E-state index contributed by atoms with van der Waals surface area (Å²) >= 11 is 11.7. The van der Waals surface area contributed by atoms with Crippen LogP contribution in [0.15, 0.2) is 12.3 Å². The van der Waals surface area contributed by atoms with Crippen molar-refractivity contribution in [2.45, 2.75) is 18.9 Å². The number of hydrogen-bond acceptors (Lipinski definition) is 3. The van der Waals surface area contributed by atoms with Crippen LogP contribution in [-0.2, 0) is 4.79 Å². The highest BCUT2D eigenvalue weighted by Crippen LogP contribution is 2.31. The van der Waals surface area contributed by atoms with Gasteiger partial charge in [0, 0.05) is 12.7 Å². The number of aromatic nitrogens is 1. The number of aliphatic carboxylic acids is 1. The minimum absolute atomic E-state index is 0.389. The summed E-state index contributed by atoms with van der Waals surface area (Å²) in [5.41, 5.74) is 0. The van der Waals surface area contributed by atoms with Crippen LogP contribution in [0.3, 0.4) is 0 Å². The number of halogens is 2. The van der Waals surface area contributed by atoms with E-state index < -0.39 is 12.0 Å². The first-order valence-electron chi connectivity index (χ1n) is 4.90. The minimum atomic E-state index is -0.842. The van der Waals surface area contributed by atoms with Crippen LogP contribution in [0, 0.1) is 0 Å². The van der Waals surface area contributed by atoms with E-state index in [4.69, 9.17) is 28.3 Å². The van der Waals surface area contributed by atoms with Gasteiger partial charge in [-0.05, 0) is 18.9 Å². The quantitative estimate of drug-likeness (QED) is 0.888. The van der Waals surface area contributed by atoms with Crippen LogP contribution in [0.5, 0.6) is 0 Å². The Labute approximate surface area is 103 Å². The smallest absolute Gasteiger partial charge is 0.326 e. The molecular formula is C10H10Cl2N2O2. The molecule has 1 fully saturated rings. The van der Waals surface area contributed by atoms with E-state index in [1.807, 2.05) is 0 Å². The predicted octanol–water partition coefficient (Wildman–Crippen LogP) is 2.44. The molecule has 0 saturated carbocycles. The van der Waals surface area contributed by atoms with Gasteiger partial charge in [-0.2, -0.15) is 0 Å². The Morgan fingerprint density at radius 1 is 1.56 bits per heavy atom. The maximum Gasteiger partial charge on any atom is 0.326 e. The van der Waals surface area contributed by atoms with Crippen LogP contribution in [-0.4, -0.2) is 28.6 Å². The second-order valence-electron chi connectivity index (χ2n) is 3.65. The number of hydrogen-bond donors (Lipinski definition) is 1. The van der Waals surface area contributed by atoms with Crippen LogP contribution in [0.2, 0.25) is 10.0 Å². The number of carbonyl (C=O) groups is 1. The van der Waals surface area contributed by atoms with Crippen molar-refractivity contribution in [3.8, 4) is 0 Å². The molecular weight excluding hydrogens is 251 g/mol. The lowest BCUT2D eigenvalue weighted by Gasteiger charge is -2.23. The second kappa shape index (κ2) is 4.47. The highest BCUT2D eigenvalue weighted by Gasteiger charge is 2.32. The maximum atomic E-state index is 11.0. The Morgan fingerprint density at radius 3 is 2.94 bits per heavy atom. The Hall–Kier alpha value is -1.000. The van der Waals surface area contributed by atoms with Gasteiger partial charge < -0.3 is 10.0 Å². The van der Waals surface area contributed by atoms with Gasteiger partial charge in [-0.1, -0.05) is 23.2 Å². The Bertz CT molecular complexity index is 425. The SMILES string of the molecule is O=C(O)C1CCCN1c1ncc(Cl)cc1Cl. The maximum absolute atomic E-state index is 11.0. The van der Waals surface area contributed by atoms with Crippen molar-refractivity contribution in [2.75, 3.05) is 11.4 Å². The van der Waals surface area contributed by atoms with Gasteiger partial charge in [0.25, 0.3) is 0 Å². The molecule has 4 nitrogen and oxygen atoms in total. The molecule has 2 rings (SSSR count). The van der Waals surface area contributed by atoms with Gasteiger partial charge in [-0.3, -0.25) is 0 Å². The highest BCUT2D eigenvalue weighted by atomic mass is 35.5. The fourth-order valence-electron chi connectivity index (χ4n) is 1.90. The molecule has 1 N–H and O–H groups in total. The molecule has 0 bridgehead atoms. The molecule has 1 aliphatic heterocycles. The summed E-state index contributed by atoms with van der Waals surface area (Å²) in [6.07, 6.45) is 2.92. The monoisotopic (exact) mass is 260 g/mol. The van der Waals surface area contributed by atoms with Gasteiger partial charge >= 0.3 is 5.97 Å². The summed E-state index contributed by atoms with van der Waals surface area (Å²) in [6.45, 7) is 0.658. The molecule has 1 aliphatic rings. The third kappa shape index (κ3) is 2.08. The normalized spacial score (nSPS) is 20.1. The van der Waals surface area contributed by atoms with Crippen molar-refractivity contribution in [3.63, 3.8) is 0 Å². The number of rotatable bonds is 2. The topological polar surface area (TPSA) is 53.4 Å². The number of anilines is 1. The molecule has 0 spiro atoms. The summed E-state index contributed by atoms with van der Waals surface area (Å²) in [4.78, 5) is 16.8.